The number of aromatic nitrogens is 1. The average molecular weight is 570 g/mol. The summed E-state index contributed by atoms with van der Waals surface area (Å²) in [7, 11) is 0. The van der Waals surface area contributed by atoms with Crippen LogP contribution in [0.5, 0.6) is 11.5 Å². The number of benzene rings is 2. The molecule has 10 heteroatoms. The topological polar surface area (TPSA) is 101 Å². The highest BCUT2D eigenvalue weighted by Gasteiger charge is 2.35. The highest BCUT2D eigenvalue weighted by molar-refractivity contribution is 7.80. The van der Waals surface area contributed by atoms with E-state index in [-0.39, 0.29) is 16.2 Å². The molecule has 40 heavy (non-hydrogen) atoms. The first kappa shape index (κ1) is 25.7. The molecular weight excluding hydrogens is 546 g/mol. The van der Waals surface area contributed by atoms with E-state index in [4.69, 9.17) is 17.0 Å². The first-order valence-corrected chi connectivity index (χ1v) is 13.9. The molecule has 0 bridgehead atoms. The fourth-order valence-corrected chi connectivity index (χ4v) is 6.63. The lowest BCUT2D eigenvalue weighted by atomic mass is 9.95. The number of carboxylic acids is 1. The number of ether oxygens (including phenoxy) is 1. The molecular formula is C30H23N3O5S2. The lowest BCUT2D eigenvalue weighted by molar-refractivity contribution is -0.122. The van der Waals surface area contributed by atoms with Crippen molar-refractivity contribution in [2.24, 2.45) is 0 Å². The number of anilines is 1. The number of carbonyl (C=O) groups is 3. The predicted molar refractivity (Wildman–Crippen MR) is 156 cm³/mol. The second-order valence-electron chi connectivity index (χ2n) is 9.37. The van der Waals surface area contributed by atoms with Crippen molar-refractivity contribution < 1.29 is 24.2 Å². The van der Waals surface area contributed by atoms with Crippen LogP contribution in [0, 0.1) is 0 Å². The summed E-state index contributed by atoms with van der Waals surface area (Å²) in [5.74, 6) is -0.924. The van der Waals surface area contributed by atoms with Gasteiger partial charge in [-0.25, -0.2) is 4.79 Å². The average Bonchev–Trinajstić information content (AvgIpc) is 3.57. The number of carbonyl (C=O) groups excluding carboxylic acids is 2. The second-order valence-corrected chi connectivity index (χ2v) is 10.8. The Hall–Kier alpha value is -4.54. The van der Waals surface area contributed by atoms with Gasteiger partial charge in [0.05, 0.1) is 11.3 Å². The third kappa shape index (κ3) is 4.72. The largest absolute Gasteiger partial charge is 0.478 e. The van der Waals surface area contributed by atoms with Gasteiger partial charge in [-0.2, -0.15) is 0 Å². The van der Waals surface area contributed by atoms with Crippen molar-refractivity contribution in [2.45, 2.75) is 25.7 Å². The number of nitrogens with zero attached hydrogens (tertiary/aromatic N) is 2. The number of hydrogen-bond acceptors (Lipinski definition) is 6. The molecule has 0 saturated carbocycles. The summed E-state index contributed by atoms with van der Waals surface area (Å²) in [6.45, 7) is 0. The molecule has 1 fully saturated rings. The number of para-hydroxylation sites is 1. The fourth-order valence-electron chi connectivity index (χ4n) is 4.97. The number of carboxylic acid groups (broad SMARTS) is 1. The Labute approximate surface area is 239 Å². The van der Waals surface area contributed by atoms with Crippen molar-refractivity contribution in [1.29, 1.82) is 0 Å². The number of rotatable bonds is 6. The molecule has 6 rings (SSSR count). The summed E-state index contributed by atoms with van der Waals surface area (Å²) in [5, 5.41) is 13.2. The van der Waals surface area contributed by atoms with Gasteiger partial charge in [0, 0.05) is 16.8 Å². The van der Waals surface area contributed by atoms with Gasteiger partial charge in [-0.1, -0.05) is 18.2 Å². The zero-order chi connectivity index (χ0) is 27.8. The SMILES string of the molecule is O=C1NC(=S)N(c2ccc(Oc3ccccc3)cc2)C(=O)C1=Cc1cccn1-c1sc2c(c1C(=O)O)CCCC2. The highest BCUT2D eigenvalue weighted by atomic mass is 32.1. The number of thiocarbonyl (C=S) groups is 1. The number of amides is 2. The number of aromatic carboxylic acids is 1. The molecule has 0 unspecified atom stereocenters. The minimum atomic E-state index is -0.982. The van der Waals surface area contributed by atoms with Gasteiger partial charge in [0.15, 0.2) is 5.11 Å². The summed E-state index contributed by atoms with van der Waals surface area (Å²) in [6.07, 6.45) is 6.78. The normalized spacial score (nSPS) is 16.1. The molecule has 2 aliphatic rings. The Kier molecular flexibility index (Phi) is 6.79. The van der Waals surface area contributed by atoms with Gasteiger partial charge < -0.3 is 14.4 Å². The molecule has 2 aromatic heterocycles. The molecule has 2 N–H and O–H groups in total. The summed E-state index contributed by atoms with van der Waals surface area (Å²) < 4.78 is 7.56. The van der Waals surface area contributed by atoms with Gasteiger partial charge in [0.2, 0.25) is 0 Å². The van der Waals surface area contributed by atoms with Crippen molar-refractivity contribution in [3.8, 4) is 16.5 Å². The van der Waals surface area contributed by atoms with Gasteiger partial charge in [0.1, 0.15) is 22.1 Å². The van der Waals surface area contributed by atoms with Crippen LogP contribution < -0.4 is 15.0 Å². The predicted octanol–water partition coefficient (Wildman–Crippen LogP) is 5.74. The summed E-state index contributed by atoms with van der Waals surface area (Å²) in [5.41, 5.74) is 2.04. The van der Waals surface area contributed by atoms with Gasteiger partial charge in [-0.05, 0) is 98.1 Å². The Morgan fingerprint density at radius 1 is 0.975 bits per heavy atom. The molecule has 1 aliphatic heterocycles. The van der Waals surface area contributed by atoms with Gasteiger partial charge >= 0.3 is 5.97 Å². The lowest BCUT2D eigenvalue weighted by Crippen LogP contribution is -2.54. The van der Waals surface area contributed by atoms with Crippen LogP contribution in [0.3, 0.4) is 0 Å². The molecule has 0 radical (unpaired) electrons. The third-order valence-electron chi connectivity index (χ3n) is 6.83. The van der Waals surface area contributed by atoms with E-state index in [9.17, 15) is 19.5 Å². The summed E-state index contributed by atoms with van der Waals surface area (Å²) in [6, 6.07) is 19.6. The molecule has 1 aliphatic carbocycles. The van der Waals surface area contributed by atoms with Gasteiger partial charge in [-0.15, -0.1) is 11.3 Å². The van der Waals surface area contributed by atoms with Gasteiger partial charge in [-0.3, -0.25) is 19.8 Å². The van der Waals surface area contributed by atoms with E-state index in [2.05, 4.69) is 5.32 Å². The van der Waals surface area contributed by atoms with E-state index < -0.39 is 17.8 Å². The van der Waals surface area contributed by atoms with E-state index in [1.54, 1.807) is 47.2 Å². The maximum atomic E-state index is 13.6. The first-order chi connectivity index (χ1) is 19.4. The van der Waals surface area contributed by atoms with Crippen molar-refractivity contribution in [2.75, 3.05) is 4.90 Å². The maximum absolute atomic E-state index is 13.6. The number of hydrogen-bond donors (Lipinski definition) is 2. The molecule has 2 aromatic carbocycles. The standard InChI is InChI=1S/C30H23N3O5S2/c34-26-23(17-19-7-6-16-32(19)28-25(29(36)37)22-10-4-5-11-24(22)40-28)27(35)33(30(39)31-26)18-12-14-21(15-13-18)38-20-8-2-1-3-9-20/h1-3,6-9,12-17H,4-5,10-11H2,(H,36,37)(H,31,34,39). The molecule has 8 nitrogen and oxygen atoms in total. The zero-order valence-electron chi connectivity index (χ0n) is 21.1. The first-order valence-electron chi connectivity index (χ1n) is 12.7. The minimum Gasteiger partial charge on any atom is -0.478 e. The smallest absolute Gasteiger partial charge is 0.339 e. The molecule has 200 valence electrons. The van der Waals surface area contributed by atoms with Crippen LogP contribution in [0.4, 0.5) is 5.69 Å². The molecule has 0 atom stereocenters. The summed E-state index contributed by atoms with van der Waals surface area (Å²) in [4.78, 5) is 41.1. The molecule has 4 aromatic rings. The molecule has 0 spiro atoms. The highest BCUT2D eigenvalue weighted by Crippen LogP contribution is 2.38. The third-order valence-corrected chi connectivity index (χ3v) is 8.41. The van der Waals surface area contributed by atoms with E-state index >= 15 is 0 Å². The summed E-state index contributed by atoms with van der Waals surface area (Å²) >= 11 is 6.80. The van der Waals surface area contributed by atoms with Crippen LogP contribution in [0.2, 0.25) is 0 Å². The molecule has 3 heterocycles. The van der Waals surface area contributed by atoms with Crippen LogP contribution >= 0.6 is 23.6 Å². The lowest BCUT2D eigenvalue weighted by Gasteiger charge is -2.29. The Balaban J connectivity index is 1.32. The number of fused-ring (bicyclic) bond motifs is 1. The van der Waals surface area contributed by atoms with Crippen molar-refractivity contribution in [1.82, 2.24) is 9.88 Å². The van der Waals surface area contributed by atoms with Crippen molar-refractivity contribution in [3.63, 3.8) is 0 Å². The van der Waals surface area contributed by atoms with Gasteiger partial charge in [0.25, 0.3) is 11.8 Å². The van der Waals surface area contributed by atoms with Crippen molar-refractivity contribution in [3.05, 3.63) is 100 Å². The molecule has 1 saturated heterocycles. The Bertz CT molecular complexity index is 1690. The maximum Gasteiger partial charge on any atom is 0.339 e. The number of thiophene rings is 1. The van der Waals surface area contributed by atoms with E-state index in [0.29, 0.717) is 27.9 Å². The second kappa shape index (κ2) is 10.6. The van der Waals surface area contributed by atoms with E-state index in [0.717, 1.165) is 36.1 Å². The van der Waals surface area contributed by atoms with Crippen LogP contribution in [0.1, 0.15) is 39.3 Å². The van der Waals surface area contributed by atoms with Crippen LogP contribution in [0.15, 0.2) is 78.5 Å². The Morgan fingerprint density at radius 2 is 1.70 bits per heavy atom. The zero-order valence-corrected chi connectivity index (χ0v) is 22.8. The van der Waals surface area contributed by atoms with Crippen LogP contribution in [-0.2, 0) is 22.4 Å². The monoisotopic (exact) mass is 569 g/mol. The quantitative estimate of drug-likeness (QED) is 0.175. The van der Waals surface area contributed by atoms with Crippen LogP contribution in [-0.4, -0.2) is 32.6 Å². The molecule has 2 amide bonds. The number of nitrogens with one attached hydrogen (secondary N) is 1. The minimum absolute atomic E-state index is 0.0293. The van der Waals surface area contributed by atoms with E-state index in [1.807, 2.05) is 30.3 Å². The number of aryl methyl sites for hydroxylation is 1. The van der Waals surface area contributed by atoms with Crippen molar-refractivity contribution >= 4 is 58.2 Å². The fraction of sp³-hybridized carbons (Fsp3) is 0.133. The van der Waals surface area contributed by atoms with E-state index in [1.165, 1.54) is 22.3 Å². The Morgan fingerprint density at radius 3 is 2.45 bits per heavy atom. The van der Waals surface area contributed by atoms with Crippen LogP contribution in [0.25, 0.3) is 11.1 Å².